The average molecular weight is 289 g/mol. The predicted molar refractivity (Wildman–Crippen MR) is 80.4 cm³/mol. The van der Waals surface area contributed by atoms with Gasteiger partial charge in [0.1, 0.15) is 11.8 Å². The average Bonchev–Trinajstić information content (AvgIpc) is 2.95. The maximum absolute atomic E-state index is 11.6. The molecule has 0 amide bonds. The molecule has 21 heavy (non-hydrogen) atoms. The molecule has 0 unspecified atom stereocenters. The fraction of sp³-hybridized carbons (Fsp3) is 0.588. The van der Waals surface area contributed by atoms with Crippen LogP contribution in [0.1, 0.15) is 24.8 Å². The van der Waals surface area contributed by atoms with Crippen LogP contribution in [0.4, 0.5) is 0 Å². The van der Waals surface area contributed by atoms with Gasteiger partial charge in [-0.15, -0.1) is 0 Å². The first-order valence-electron chi connectivity index (χ1n) is 7.80. The molecular weight excluding hydrogens is 266 g/mol. The molecule has 1 aromatic carbocycles. The highest BCUT2D eigenvalue weighted by Crippen LogP contribution is 2.28. The molecule has 0 aliphatic carbocycles. The highest BCUT2D eigenvalue weighted by Gasteiger charge is 2.34. The Morgan fingerprint density at radius 2 is 2.00 bits per heavy atom. The molecular formula is C17H23NO3. The van der Waals surface area contributed by atoms with Gasteiger partial charge in [-0.25, -0.2) is 0 Å². The normalized spacial score (nSPS) is 24.0. The van der Waals surface area contributed by atoms with Gasteiger partial charge in [0, 0.05) is 6.42 Å². The van der Waals surface area contributed by atoms with Crippen LogP contribution in [-0.2, 0) is 16.0 Å². The Hall–Kier alpha value is -1.55. The van der Waals surface area contributed by atoms with Crippen LogP contribution in [0.3, 0.4) is 0 Å². The van der Waals surface area contributed by atoms with E-state index in [1.165, 1.54) is 5.56 Å². The van der Waals surface area contributed by atoms with Crippen molar-refractivity contribution in [1.82, 2.24) is 4.90 Å². The van der Waals surface area contributed by atoms with Gasteiger partial charge in [0.25, 0.3) is 0 Å². The van der Waals surface area contributed by atoms with Crippen LogP contribution in [0, 0.1) is 5.92 Å². The van der Waals surface area contributed by atoms with Crippen LogP contribution in [0.25, 0.3) is 0 Å². The number of ether oxygens (including phenoxy) is 2. The number of piperidine rings is 1. The quantitative estimate of drug-likeness (QED) is 0.797. The molecule has 0 N–H and O–H groups in total. The highest BCUT2D eigenvalue weighted by atomic mass is 16.5. The zero-order valence-corrected chi connectivity index (χ0v) is 12.6. The van der Waals surface area contributed by atoms with Gasteiger partial charge in [-0.1, -0.05) is 18.2 Å². The minimum absolute atomic E-state index is 0.0113. The molecule has 3 rings (SSSR count). The first-order valence-corrected chi connectivity index (χ1v) is 7.80. The lowest BCUT2D eigenvalue weighted by Gasteiger charge is -2.34. The number of nitrogens with zero attached hydrogens (tertiary/aromatic N) is 1. The molecule has 1 atom stereocenters. The summed E-state index contributed by atoms with van der Waals surface area (Å²) >= 11 is 0. The number of esters is 1. The fourth-order valence-electron chi connectivity index (χ4n) is 3.47. The van der Waals surface area contributed by atoms with Crippen LogP contribution in [0.15, 0.2) is 24.3 Å². The molecule has 4 heteroatoms. The highest BCUT2D eigenvalue weighted by molar-refractivity contribution is 5.77. The van der Waals surface area contributed by atoms with Crippen LogP contribution < -0.4 is 4.74 Å². The van der Waals surface area contributed by atoms with E-state index in [-0.39, 0.29) is 12.0 Å². The summed E-state index contributed by atoms with van der Waals surface area (Å²) in [4.78, 5) is 13.9. The summed E-state index contributed by atoms with van der Waals surface area (Å²) in [5.41, 5.74) is 1.29. The number of carbonyl (C=O) groups excluding carboxylic acids is 1. The summed E-state index contributed by atoms with van der Waals surface area (Å²) in [6.07, 6.45) is 4.20. The summed E-state index contributed by atoms with van der Waals surface area (Å²) in [5, 5.41) is 0. The van der Waals surface area contributed by atoms with Crippen molar-refractivity contribution < 1.29 is 14.3 Å². The van der Waals surface area contributed by atoms with E-state index in [4.69, 9.17) is 9.47 Å². The second kappa shape index (κ2) is 6.48. The minimum atomic E-state index is -0.0295. The van der Waals surface area contributed by atoms with Gasteiger partial charge in [0.2, 0.25) is 0 Å². The Labute approximate surface area is 126 Å². The van der Waals surface area contributed by atoms with E-state index in [1.807, 2.05) is 12.1 Å². The molecule has 2 fully saturated rings. The number of hydrogen-bond acceptors (Lipinski definition) is 4. The van der Waals surface area contributed by atoms with Crippen LogP contribution in [0.2, 0.25) is 0 Å². The molecule has 0 bridgehead atoms. The van der Waals surface area contributed by atoms with E-state index in [9.17, 15) is 4.79 Å². The lowest BCUT2D eigenvalue weighted by molar-refractivity contribution is -0.142. The second-order valence-corrected chi connectivity index (χ2v) is 5.97. The number of methoxy groups -OCH3 is 1. The summed E-state index contributed by atoms with van der Waals surface area (Å²) in [6, 6.07) is 8.27. The third-order valence-corrected chi connectivity index (χ3v) is 4.70. The van der Waals surface area contributed by atoms with Gasteiger partial charge < -0.3 is 9.47 Å². The topological polar surface area (TPSA) is 38.8 Å². The largest absolute Gasteiger partial charge is 0.496 e. The molecule has 2 heterocycles. The molecule has 0 saturated carbocycles. The smallest absolute Gasteiger partial charge is 0.323 e. The molecule has 0 spiro atoms. The predicted octanol–water partition coefficient (Wildman–Crippen LogP) is 2.27. The van der Waals surface area contributed by atoms with Crippen molar-refractivity contribution in [3.05, 3.63) is 29.8 Å². The Bertz CT molecular complexity index is 495. The van der Waals surface area contributed by atoms with Crippen molar-refractivity contribution in [3.63, 3.8) is 0 Å². The number of rotatable bonds is 4. The van der Waals surface area contributed by atoms with Gasteiger partial charge in [0.15, 0.2) is 0 Å². The van der Waals surface area contributed by atoms with E-state index in [1.54, 1.807) is 7.11 Å². The first-order chi connectivity index (χ1) is 10.3. The van der Waals surface area contributed by atoms with Crippen molar-refractivity contribution in [3.8, 4) is 5.75 Å². The van der Waals surface area contributed by atoms with Crippen molar-refractivity contribution in [2.45, 2.75) is 31.7 Å². The first kappa shape index (κ1) is 14.4. The second-order valence-electron chi connectivity index (χ2n) is 5.97. The summed E-state index contributed by atoms with van der Waals surface area (Å²) in [7, 11) is 1.73. The SMILES string of the molecule is COc1ccccc1CC1CCN([C@H]2CCOC2=O)CC1. The van der Waals surface area contributed by atoms with E-state index in [0.717, 1.165) is 44.5 Å². The van der Waals surface area contributed by atoms with E-state index in [2.05, 4.69) is 17.0 Å². The van der Waals surface area contributed by atoms with Crippen molar-refractivity contribution in [2.24, 2.45) is 5.92 Å². The molecule has 0 radical (unpaired) electrons. The zero-order valence-electron chi connectivity index (χ0n) is 12.6. The van der Waals surface area contributed by atoms with E-state index in [0.29, 0.717) is 12.5 Å². The maximum atomic E-state index is 11.6. The van der Waals surface area contributed by atoms with Crippen LogP contribution in [-0.4, -0.2) is 43.7 Å². The van der Waals surface area contributed by atoms with Gasteiger partial charge in [0.05, 0.1) is 13.7 Å². The van der Waals surface area contributed by atoms with Crippen molar-refractivity contribution >= 4 is 5.97 Å². The third kappa shape index (κ3) is 3.21. The number of carbonyl (C=O) groups is 1. The summed E-state index contributed by atoms with van der Waals surface area (Å²) in [5.74, 6) is 1.63. The van der Waals surface area contributed by atoms with Gasteiger partial charge in [-0.2, -0.15) is 0 Å². The molecule has 1 aromatic rings. The zero-order chi connectivity index (χ0) is 14.7. The Morgan fingerprint density at radius 1 is 1.24 bits per heavy atom. The minimum Gasteiger partial charge on any atom is -0.496 e. The van der Waals surface area contributed by atoms with Crippen LogP contribution in [0.5, 0.6) is 5.75 Å². The maximum Gasteiger partial charge on any atom is 0.323 e. The number of likely N-dealkylation sites (tertiary alicyclic amines) is 1. The summed E-state index contributed by atoms with van der Waals surface area (Å²) < 4.78 is 10.5. The fourth-order valence-corrected chi connectivity index (χ4v) is 3.47. The van der Waals surface area contributed by atoms with E-state index < -0.39 is 0 Å². The summed E-state index contributed by atoms with van der Waals surface area (Å²) in [6.45, 7) is 2.59. The van der Waals surface area contributed by atoms with Gasteiger partial charge in [-0.3, -0.25) is 9.69 Å². The monoisotopic (exact) mass is 289 g/mol. The number of cyclic esters (lactones) is 1. The Morgan fingerprint density at radius 3 is 2.67 bits per heavy atom. The Kier molecular flexibility index (Phi) is 4.44. The molecule has 0 aromatic heterocycles. The van der Waals surface area contributed by atoms with Gasteiger partial charge in [-0.05, 0) is 49.9 Å². The molecule has 2 aliphatic rings. The lowest BCUT2D eigenvalue weighted by atomic mass is 9.89. The molecule has 2 aliphatic heterocycles. The van der Waals surface area contributed by atoms with Crippen LogP contribution >= 0.6 is 0 Å². The molecule has 2 saturated heterocycles. The van der Waals surface area contributed by atoms with Crippen molar-refractivity contribution in [2.75, 3.05) is 26.8 Å². The third-order valence-electron chi connectivity index (χ3n) is 4.70. The molecule has 4 nitrogen and oxygen atoms in total. The Balaban J connectivity index is 1.55. The van der Waals surface area contributed by atoms with Crippen molar-refractivity contribution in [1.29, 1.82) is 0 Å². The lowest BCUT2D eigenvalue weighted by Crippen LogP contribution is -2.44. The molecule has 114 valence electrons. The number of benzene rings is 1. The standard InChI is InChI=1S/C17H23NO3/c1-20-16-5-3-2-4-14(16)12-13-6-9-18(10-7-13)15-8-11-21-17(15)19/h2-5,13,15H,6-12H2,1H3/t15-/m0/s1. The number of para-hydroxylation sites is 1. The van der Waals surface area contributed by atoms with Gasteiger partial charge >= 0.3 is 5.97 Å². The van der Waals surface area contributed by atoms with E-state index >= 15 is 0 Å². The number of hydrogen-bond donors (Lipinski definition) is 0.